The Hall–Kier alpha value is -0.710. The number of aldehydes is 1. The Labute approximate surface area is 104 Å². The van der Waals surface area contributed by atoms with Crippen LogP contribution < -0.4 is 5.73 Å². The Morgan fingerprint density at radius 3 is 2.56 bits per heavy atom. The third-order valence-corrected chi connectivity index (χ3v) is 3.10. The van der Waals surface area contributed by atoms with E-state index in [4.69, 9.17) is 5.73 Å². The van der Waals surface area contributed by atoms with Gasteiger partial charge in [0, 0.05) is 14.5 Å². The molecule has 2 rings (SSSR count). The fraction of sp³-hybridized carbons (Fsp3) is 0.583. The number of rotatable bonds is 3. The molecule has 1 fully saturated rings. The molecule has 0 amide bonds. The molecule has 94 valence electrons. The first-order valence-electron chi connectivity index (χ1n) is 5.28. The van der Waals surface area contributed by atoms with E-state index >= 15 is 0 Å². The molecular weight excluding hydrogens is 220 g/mol. The van der Waals surface area contributed by atoms with Gasteiger partial charge in [0.25, 0.3) is 0 Å². The summed E-state index contributed by atoms with van der Waals surface area (Å²) in [6, 6.07) is 3.64. The number of hydrogen-bond donors (Lipinski definition) is 1. The number of nitrogens with zero attached hydrogens (tertiary/aromatic N) is 1. The SMILES string of the molecule is C.NCCN1CCCC1.O=Cc1cccs1.[HH]. The van der Waals surface area contributed by atoms with Crippen LogP contribution in [0.5, 0.6) is 0 Å². The second-order valence-electron chi connectivity index (χ2n) is 3.47. The van der Waals surface area contributed by atoms with Crippen LogP contribution in [-0.4, -0.2) is 37.4 Å². The fourth-order valence-corrected chi connectivity index (χ4v) is 2.07. The van der Waals surface area contributed by atoms with Gasteiger partial charge in [0.15, 0.2) is 6.29 Å². The summed E-state index contributed by atoms with van der Waals surface area (Å²) in [4.78, 5) is 13.1. The van der Waals surface area contributed by atoms with E-state index in [9.17, 15) is 4.79 Å². The van der Waals surface area contributed by atoms with Crippen LogP contribution in [0, 0.1) is 0 Å². The Morgan fingerprint density at radius 2 is 2.19 bits per heavy atom. The second kappa shape index (κ2) is 9.51. The van der Waals surface area contributed by atoms with Gasteiger partial charge in [0.1, 0.15) is 0 Å². The highest BCUT2D eigenvalue weighted by molar-refractivity contribution is 7.11. The standard InChI is InChI=1S/C6H14N2.C5H4OS.CH4.H2/c7-3-6-8-4-1-2-5-8;6-4-5-2-1-3-7-5;;/h1-7H2;1-4H;1H4;1H. The van der Waals surface area contributed by atoms with E-state index in [0.29, 0.717) is 0 Å². The molecule has 0 aliphatic carbocycles. The zero-order valence-corrected chi connectivity index (χ0v) is 9.71. The Bertz CT molecular complexity index is 261. The van der Waals surface area contributed by atoms with Crippen molar-refractivity contribution in [3.05, 3.63) is 22.4 Å². The minimum atomic E-state index is 0. The zero-order valence-electron chi connectivity index (χ0n) is 8.89. The smallest absolute Gasteiger partial charge is 0.159 e. The van der Waals surface area contributed by atoms with E-state index in [2.05, 4.69) is 4.90 Å². The Kier molecular flexibility index (Phi) is 9.09. The number of thiophene rings is 1. The van der Waals surface area contributed by atoms with Crippen molar-refractivity contribution in [2.75, 3.05) is 26.2 Å². The van der Waals surface area contributed by atoms with Gasteiger partial charge in [-0.25, -0.2) is 0 Å². The van der Waals surface area contributed by atoms with E-state index in [1.54, 1.807) is 6.07 Å². The van der Waals surface area contributed by atoms with E-state index in [1.165, 1.54) is 37.3 Å². The van der Waals surface area contributed by atoms with Crippen LogP contribution in [0.15, 0.2) is 17.5 Å². The van der Waals surface area contributed by atoms with Gasteiger partial charge in [-0.15, -0.1) is 11.3 Å². The first-order chi connectivity index (χ1) is 7.36. The maximum absolute atomic E-state index is 9.88. The lowest BCUT2D eigenvalue weighted by molar-refractivity contribution is 0.112. The number of nitrogens with two attached hydrogens (primary N) is 1. The van der Waals surface area contributed by atoms with Crippen molar-refractivity contribution in [3.63, 3.8) is 0 Å². The molecule has 0 saturated carbocycles. The second-order valence-corrected chi connectivity index (χ2v) is 4.45. The number of carbonyl (C=O) groups is 1. The van der Waals surface area contributed by atoms with Crippen molar-refractivity contribution in [2.45, 2.75) is 20.3 Å². The monoisotopic (exact) mass is 244 g/mol. The number of hydrogen-bond acceptors (Lipinski definition) is 4. The summed E-state index contributed by atoms with van der Waals surface area (Å²) in [5.41, 5.74) is 5.37. The van der Waals surface area contributed by atoms with Crippen molar-refractivity contribution in [1.82, 2.24) is 4.90 Å². The highest BCUT2D eigenvalue weighted by Gasteiger charge is 2.08. The normalized spacial score (nSPS) is 14.8. The van der Waals surface area contributed by atoms with Crippen molar-refractivity contribution in [3.8, 4) is 0 Å². The predicted octanol–water partition coefficient (Wildman–Crippen LogP) is 2.48. The van der Waals surface area contributed by atoms with Crippen molar-refractivity contribution < 1.29 is 6.22 Å². The van der Waals surface area contributed by atoms with Crippen LogP contribution in [0.4, 0.5) is 0 Å². The number of likely N-dealkylation sites (tertiary alicyclic amines) is 1. The van der Waals surface area contributed by atoms with Gasteiger partial charge in [-0.3, -0.25) is 4.79 Å². The van der Waals surface area contributed by atoms with Gasteiger partial charge in [0.2, 0.25) is 0 Å². The average molecular weight is 244 g/mol. The van der Waals surface area contributed by atoms with Crippen molar-refractivity contribution in [1.29, 1.82) is 0 Å². The van der Waals surface area contributed by atoms with Gasteiger partial charge < -0.3 is 10.6 Å². The lowest BCUT2D eigenvalue weighted by Gasteiger charge is -2.11. The molecule has 0 aromatic carbocycles. The fourth-order valence-electron chi connectivity index (χ4n) is 1.55. The van der Waals surface area contributed by atoms with Crippen LogP contribution >= 0.6 is 11.3 Å². The summed E-state index contributed by atoms with van der Waals surface area (Å²) < 4.78 is 0. The molecule has 0 unspecified atom stereocenters. The first-order valence-corrected chi connectivity index (χ1v) is 6.16. The first kappa shape index (κ1) is 15.3. The zero-order chi connectivity index (χ0) is 10.9. The molecule has 1 aliphatic heterocycles. The van der Waals surface area contributed by atoms with Crippen molar-refractivity contribution >= 4 is 17.6 Å². The summed E-state index contributed by atoms with van der Waals surface area (Å²) >= 11 is 1.45. The topological polar surface area (TPSA) is 46.3 Å². The third-order valence-electron chi connectivity index (χ3n) is 2.30. The largest absolute Gasteiger partial charge is 0.329 e. The maximum Gasteiger partial charge on any atom is 0.159 e. The molecule has 16 heavy (non-hydrogen) atoms. The summed E-state index contributed by atoms with van der Waals surface area (Å²) in [5, 5.41) is 1.88. The van der Waals surface area contributed by atoms with Gasteiger partial charge >= 0.3 is 0 Å². The molecule has 1 saturated heterocycles. The molecule has 2 heterocycles. The summed E-state index contributed by atoms with van der Waals surface area (Å²) in [7, 11) is 0. The minimum Gasteiger partial charge on any atom is -0.329 e. The Morgan fingerprint density at radius 1 is 1.50 bits per heavy atom. The van der Waals surface area contributed by atoms with Crippen molar-refractivity contribution in [2.24, 2.45) is 5.73 Å². The van der Waals surface area contributed by atoms with Gasteiger partial charge in [-0.1, -0.05) is 13.5 Å². The van der Waals surface area contributed by atoms with E-state index in [-0.39, 0.29) is 8.85 Å². The molecule has 1 aromatic heterocycles. The maximum atomic E-state index is 9.88. The molecule has 3 nitrogen and oxygen atoms in total. The van der Waals surface area contributed by atoms with E-state index < -0.39 is 0 Å². The van der Waals surface area contributed by atoms with E-state index in [0.717, 1.165) is 24.3 Å². The highest BCUT2D eigenvalue weighted by Crippen LogP contribution is 2.04. The molecule has 0 radical (unpaired) electrons. The molecule has 4 heteroatoms. The minimum absolute atomic E-state index is 0. The molecule has 0 bridgehead atoms. The van der Waals surface area contributed by atoms with Crippen LogP contribution in [0.3, 0.4) is 0 Å². The summed E-state index contributed by atoms with van der Waals surface area (Å²) in [5.74, 6) is 0. The van der Waals surface area contributed by atoms with Crippen LogP contribution in [0.25, 0.3) is 0 Å². The van der Waals surface area contributed by atoms with Gasteiger partial charge in [-0.05, 0) is 37.4 Å². The molecule has 1 aliphatic rings. The lowest BCUT2D eigenvalue weighted by Crippen LogP contribution is -2.26. The lowest BCUT2D eigenvalue weighted by atomic mass is 10.4. The van der Waals surface area contributed by atoms with Gasteiger partial charge in [-0.2, -0.15) is 0 Å². The van der Waals surface area contributed by atoms with E-state index in [1.807, 2.05) is 11.4 Å². The highest BCUT2D eigenvalue weighted by atomic mass is 32.1. The quantitative estimate of drug-likeness (QED) is 0.831. The van der Waals surface area contributed by atoms with Crippen LogP contribution in [-0.2, 0) is 0 Å². The molecule has 0 spiro atoms. The average Bonchev–Trinajstić information content (AvgIpc) is 2.91. The molecule has 2 N–H and O–H groups in total. The molecule has 1 aromatic rings. The van der Waals surface area contributed by atoms with Crippen LogP contribution in [0.2, 0.25) is 0 Å². The summed E-state index contributed by atoms with van der Waals surface area (Å²) in [6.45, 7) is 4.47. The third kappa shape index (κ3) is 6.00. The van der Waals surface area contributed by atoms with Gasteiger partial charge in [0.05, 0.1) is 4.88 Å². The Balaban J connectivity index is 0. The predicted molar refractivity (Wildman–Crippen MR) is 73.3 cm³/mol. The molecular formula is C12H24N2OS. The summed E-state index contributed by atoms with van der Waals surface area (Å²) in [6.07, 6.45) is 3.60. The molecule has 0 atom stereocenters. The van der Waals surface area contributed by atoms with Crippen LogP contribution in [0.1, 0.15) is 31.4 Å². The number of carbonyl (C=O) groups excluding carboxylic acids is 1.